The number of alkyl halides is 3. The van der Waals surface area contributed by atoms with E-state index in [1.165, 1.54) is 6.07 Å². The average molecular weight is 387 g/mol. The Balaban J connectivity index is 2.17. The highest BCUT2D eigenvalue weighted by Gasteiger charge is 2.32. The van der Waals surface area contributed by atoms with Gasteiger partial charge in [0.25, 0.3) is 0 Å². The number of hydrogen-bond acceptors (Lipinski definition) is 4. The molecule has 1 aromatic rings. The second-order valence-electron chi connectivity index (χ2n) is 8.03. The van der Waals surface area contributed by atoms with Gasteiger partial charge < -0.3 is 19.4 Å². The van der Waals surface area contributed by atoms with Crippen LogP contribution in [0.4, 0.5) is 23.7 Å². The zero-order valence-corrected chi connectivity index (χ0v) is 16.6. The molecule has 2 rings (SSSR count). The van der Waals surface area contributed by atoms with Crippen molar-refractivity contribution in [3.8, 4) is 0 Å². The SMILES string of the molecule is CN(C)Cc1ccc(C(F)(F)F)cc1N1CCN(C(=O)OC(C)(C)C)CC1. The Morgan fingerprint density at radius 2 is 1.70 bits per heavy atom. The van der Waals surface area contributed by atoms with E-state index in [2.05, 4.69) is 0 Å². The molecule has 0 aromatic heterocycles. The molecule has 1 aliphatic rings. The van der Waals surface area contributed by atoms with Crippen molar-refractivity contribution in [2.45, 2.75) is 39.1 Å². The van der Waals surface area contributed by atoms with Gasteiger partial charge in [-0.15, -0.1) is 0 Å². The number of ether oxygens (including phenoxy) is 1. The highest BCUT2D eigenvalue weighted by Crippen LogP contribution is 2.34. The van der Waals surface area contributed by atoms with E-state index in [1.807, 2.05) is 23.9 Å². The number of rotatable bonds is 3. The minimum Gasteiger partial charge on any atom is -0.444 e. The Hall–Kier alpha value is -1.96. The molecule has 0 N–H and O–H groups in total. The van der Waals surface area contributed by atoms with Gasteiger partial charge in [-0.1, -0.05) is 6.07 Å². The first-order chi connectivity index (χ1) is 12.4. The van der Waals surface area contributed by atoms with Crippen LogP contribution in [0, 0.1) is 0 Å². The number of halogens is 3. The summed E-state index contributed by atoms with van der Waals surface area (Å²) in [5.74, 6) is 0. The third-order valence-electron chi connectivity index (χ3n) is 4.17. The largest absolute Gasteiger partial charge is 0.444 e. The van der Waals surface area contributed by atoms with Crippen LogP contribution in [0.5, 0.6) is 0 Å². The van der Waals surface area contributed by atoms with Crippen LogP contribution < -0.4 is 4.90 Å². The van der Waals surface area contributed by atoms with Crippen LogP contribution in [0.25, 0.3) is 0 Å². The summed E-state index contributed by atoms with van der Waals surface area (Å²) in [4.78, 5) is 17.6. The van der Waals surface area contributed by atoms with Crippen LogP contribution in [-0.4, -0.2) is 61.8 Å². The lowest BCUT2D eigenvalue weighted by Crippen LogP contribution is -2.50. The van der Waals surface area contributed by atoms with E-state index in [-0.39, 0.29) is 6.09 Å². The number of carbonyl (C=O) groups is 1. The van der Waals surface area contributed by atoms with Gasteiger partial charge in [0.1, 0.15) is 5.60 Å². The fraction of sp³-hybridized carbons (Fsp3) is 0.632. The topological polar surface area (TPSA) is 36.0 Å². The summed E-state index contributed by atoms with van der Waals surface area (Å²) in [6.07, 6.45) is -4.77. The number of nitrogens with zero attached hydrogens (tertiary/aromatic N) is 3. The first-order valence-corrected chi connectivity index (χ1v) is 8.94. The Kier molecular flexibility index (Phi) is 6.29. The van der Waals surface area contributed by atoms with Crippen LogP contribution >= 0.6 is 0 Å². The fourth-order valence-electron chi connectivity index (χ4n) is 2.97. The smallest absolute Gasteiger partial charge is 0.416 e. The molecule has 1 aromatic carbocycles. The molecule has 8 heteroatoms. The van der Waals surface area contributed by atoms with E-state index in [1.54, 1.807) is 31.7 Å². The van der Waals surface area contributed by atoms with Gasteiger partial charge >= 0.3 is 12.3 Å². The minimum atomic E-state index is -4.39. The molecule has 1 heterocycles. The summed E-state index contributed by atoms with van der Waals surface area (Å²) in [6.45, 7) is 7.69. The highest BCUT2D eigenvalue weighted by molar-refractivity contribution is 5.69. The zero-order chi connectivity index (χ0) is 20.4. The lowest BCUT2D eigenvalue weighted by molar-refractivity contribution is -0.137. The first-order valence-electron chi connectivity index (χ1n) is 8.94. The monoisotopic (exact) mass is 387 g/mol. The third-order valence-corrected chi connectivity index (χ3v) is 4.17. The van der Waals surface area contributed by atoms with Crippen molar-refractivity contribution in [2.75, 3.05) is 45.2 Å². The predicted molar refractivity (Wildman–Crippen MR) is 98.9 cm³/mol. The highest BCUT2D eigenvalue weighted by atomic mass is 19.4. The summed E-state index contributed by atoms with van der Waals surface area (Å²) in [6, 6.07) is 3.87. The van der Waals surface area contributed by atoms with Crippen molar-refractivity contribution >= 4 is 11.8 Å². The molecule has 27 heavy (non-hydrogen) atoms. The van der Waals surface area contributed by atoms with Crippen molar-refractivity contribution < 1.29 is 22.7 Å². The second-order valence-corrected chi connectivity index (χ2v) is 8.03. The predicted octanol–water partition coefficient (Wildman–Crippen LogP) is 3.82. The maximum absolute atomic E-state index is 13.2. The quantitative estimate of drug-likeness (QED) is 0.790. The van der Waals surface area contributed by atoms with E-state index < -0.39 is 17.3 Å². The van der Waals surface area contributed by atoms with E-state index >= 15 is 0 Å². The normalized spacial score (nSPS) is 16.0. The lowest BCUT2D eigenvalue weighted by atomic mass is 10.1. The van der Waals surface area contributed by atoms with Gasteiger partial charge in [0.2, 0.25) is 0 Å². The summed E-state index contributed by atoms with van der Waals surface area (Å²) in [5.41, 5.74) is 0.171. The molecule has 0 bridgehead atoms. The van der Waals surface area contributed by atoms with E-state index in [0.29, 0.717) is 38.4 Å². The Bertz CT molecular complexity index is 661. The van der Waals surface area contributed by atoms with Crippen molar-refractivity contribution in [3.63, 3.8) is 0 Å². The molecule has 1 saturated heterocycles. The van der Waals surface area contributed by atoms with Gasteiger partial charge in [-0.3, -0.25) is 0 Å². The number of carbonyl (C=O) groups excluding carboxylic acids is 1. The molecule has 1 aliphatic heterocycles. The van der Waals surface area contributed by atoms with Gasteiger partial charge in [0.15, 0.2) is 0 Å². The van der Waals surface area contributed by atoms with Crippen LogP contribution in [-0.2, 0) is 17.5 Å². The Labute approximate surface area is 158 Å². The molecule has 0 radical (unpaired) electrons. The van der Waals surface area contributed by atoms with Gasteiger partial charge in [0, 0.05) is 38.4 Å². The lowest BCUT2D eigenvalue weighted by Gasteiger charge is -2.38. The zero-order valence-electron chi connectivity index (χ0n) is 16.6. The molecular weight excluding hydrogens is 359 g/mol. The summed E-state index contributed by atoms with van der Waals surface area (Å²) in [7, 11) is 3.75. The van der Waals surface area contributed by atoms with Gasteiger partial charge in [0.05, 0.1) is 5.56 Å². The summed E-state index contributed by atoms with van der Waals surface area (Å²) >= 11 is 0. The molecule has 152 valence electrons. The van der Waals surface area contributed by atoms with Crippen molar-refractivity contribution in [2.24, 2.45) is 0 Å². The third kappa shape index (κ3) is 6.02. The number of hydrogen-bond donors (Lipinski definition) is 0. The van der Waals surface area contributed by atoms with Gasteiger partial charge in [-0.25, -0.2) is 4.79 Å². The molecule has 1 fully saturated rings. The first kappa shape index (κ1) is 21.3. The molecular formula is C19H28F3N3O2. The molecule has 5 nitrogen and oxygen atoms in total. The number of anilines is 1. The van der Waals surface area contributed by atoms with Crippen LogP contribution in [0.3, 0.4) is 0 Å². The molecule has 0 spiro atoms. The molecule has 1 amide bonds. The summed E-state index contributed by atoms with van der Waals surface area (Å²) in [5, 5.41) is 0. The van der Waals surface area contributed by atoms with E-state index in [0.717, 1.165) is 11.6 Å². The number of amides is 1. The standard InChI is InChI=1S/C19H28F3N3O2/c1-18(2,3)27-17(26)25-10-8-24(9-11-25)16-12-15(19(20,21)22)7-6-14(16)13-23(4)5/h6-7,12H,8-11,13H2,1-5H3. The van der Waals surface area contributed by atoms with Crippen molar-refractivity contribution in [1.82, 2.24) is 9.80 Å². The Morgan fingerprint density at radius 3 is 2.19 bits per heavy atom. The van der Waals surface area contributed by atoms with Crippen LogP contribution in [0.15, 0.2) is 18.2 Å². The number of piperazine rings is 1. The van der Waals surface area contributed by atoms with E-state index in [9.17, 15) is 18.0 Å². The number of benzene rings is 1. The average Bonchev–Trinajstić information content (AvgIpc) is 2.52. The van der Waals surface area contributed by atoms with E-state index in [4.69, 9.17) is 4.74 Å². The Morgan fingerprint density at radius 1 is 1.11 bits per heavy atom. The maximum Gasteiger partial charge on any atom is 0.416 e. The fourth-order valence-corrected chi connectivity index (χ4v) is 2.97. The second kappa shape index (κ2) is 7.96. The minimum absolute atomic E-state index is 0.389. The summed E-state index contributed by atoms with van der Waals surface area (Å²) < 4.78 is 44.8. The van der Waals surface area contributed by atoms with Crippen molar-refractivity contribution in [1.29, 1.82) is 0 Å². The molecule has 0 saturated carbocycles. The molecule has 0 aliphatic carbocycles. The van der Waals surface area contributed by atoms with Crippen molar-refractivity contribution in [3.05, 3.63) is 29.3 Å². The van der Waals surface area contributed by atoms with Gasteiger partial charge in [-0.05, 0) is 52.6 Å². The van der Waals surface area contributed by atoms with Gasteiger partial charge in [-0.2, -0.15) is 13.2 Å². The molecule has 0 unspecified atom stereocenters. The van der Waals surface area contributed by atoms with Crippen LogP contribution in [0.1, 0.15) is 31.9 Å². The van der Waals surface area contributed by atoms with Crippen LogP contribution in [0.2, 0.25) is 0 Å². The molecule has 0 atom stereocenters. The maximum atomic E-state index is 13.2.